The van der Waals surface area contributed by atoms with Crippen molar-refractivity contribution in [2.24, 2.45) is 0 Å². The quantitative estimate of drug-likeness (QED) is 0.675. The molecule has 1 fully saturated rings. The first-order valence-electron chi connectivity index (χ1n) is 6.24. The lowest BCUT2D eigenvalue weighted by Crippen LogP contribution is -2.39. The monoisotopic (exact) mass is 201 g/mol. The minimum atomic E-state index is 0.808. The lowest BCUT2D eigenvalue weighted by atomic mass is 10.1. The zero-order chi connectivity index (χ0) is 10.1. The van der Waals surface area contributed by atoms with Gasteiger partial charge in [0.25, 0.3) is 0 Å². The first kappa shape index (κ1) is 9.41. The van der Waals surface area contributed by atoms with E-state index in [9.17, 15) is 0 Å². The Morgan fingerprint density at radius 3 is 2.07 bits per heavy atom. The Balaban J connectivity index is 1.72. The van der Waals surface area contributed by atoms with Gasteiger partial charge in [-0.1, -0.05) is 30.7 Å². The fourth-order valence-electron chi connectivity index (χ4n) is 3.08. The van der Waals surface area contributed by atoms with Crippen molar-refractivity contribution in [2.45, 2.75) is 38.1 Å². The van der Waals surface area contributed by atoms with Crippen molar-refractivity contribution in [1.29, 1.82) is 0 Å². The summed E-state index contributed by atoms with van der Waals surface area (Å²) < 4.78 is 0. The molecular weight excluding hydrogens is 182 g/mol. The van der Waals surface area contributed by atoms with E-state index in [4.69, 9.17) is 0 Å². The van der Waals surface area contributed by atoms with E-state index in [0.717, 1.165) is 6.04 Å². The maximum absolute atomic E-state index is 2.71. The third-order valence-electron chi connectivity index (χ3n) is 3.94. The van der Waals surface area contributed by atoms with Crippen LogP contribution in [-0.4, -0.2) is 24.0 Å². The lowest BCUT2D eigenvalue weighted by Gasteiger charge is -2.32. The van der Waals surface area contributed by atoms with Crippen LogP contribution in [-0.2, 0) is 12.8 Å². The third kappa shape index (κ3) is 1.81. The van der Waals surface area contributed by atoms with Crippen LogP contribution in [0.25, 0.3) is 0 Å². The van der Waals surface area contributed by atoms with Gasteiger partial charge < -0.3 is 0 Å². The summed E-state index contributed by atoms with van der Waals surface area (Å²) in [6, 6.07) is 9.77. The molecule has 15 heavy (non-hydrogen) atoms. The van der Waals surface area contributed by atoms with Crippen molar-refractivity contribution >= 4 is 0 Å². The van der Waals surface area contributed by atoms with Gasteiger partial charge in [0.2, 0.25) is 0 Å². The predicted molar refractivity (Wildman–Crippen MR) is 63.1 cm³/mol. The molecule has 0 unspecified atom stereocenters. The van der Waals surface area contributed by atoms with Gasteiger partial charge in [-0.15, -0.1) is 0 Å². The Labute approximate surface area is 92.1 Å². The number of benzene rings is 1. The molecule has 0 N–H and O–H groups in total. The Hall–Kier alpha value is -0.820. The van der Waals surface area contributed by atoms with Crippen molar-refractivity contribution in [3.63, 3.8) is 0 Å². The third-order valence-corrected chi connectivity index (χ3v) is 3.94. The Morgan fingerprint density at radius 1 is 0.867 bits per heavy atom. The molecule has 80 valence electrons. The molecule has 0 bridgehead atoms. The number of hydrogen-bond donors (Lipinski definition) is 0. The molecule has 0 atom stereocenters. The molecule has 1 heteroatoms. The van der Waals surface area contributed by atoms with Gasteiger partial charge in [0.05, 0.1) is 0 Å². The molecule has 2 aliphatic rings. The van der Waals surface area contributed by atoms with Gasteiger partial charge in [-0.25, -0.2) is 0 Å². The van der Waals surface area contributed by atoms with E-state index >= 15 is 0 Å². The highest BCUT2D eigenvalue weighted by atomic mass is 15.2. The first-order chi connectivity index (χ1) is 7.43. The molecule has 0 saturated carbocycles. The second kappa shape index (κ2) is 3.97. The zero-order valence-electron chi connectivity index (χ0n) is 9.28. The minimum Gasteiger partial charge on any atom is -0.300 e. The number of likely N-dealkylation sites (tertiary alicyclic amines) is 1. The summed E-state index contributed by atoms with van der Waals surface area (Å²) in [5, 5.41) is 0. The fourth-order valence-corrected chi connectivity index (χ4v) is 3.08. The Bertz CT molecular complexity index is 314. The van der Waals surface area contributed by atoms with Gasteiger partial charge in [-0.2, -0.15) is 0 Å². The normalized spacial score (nSPS) is 22.9. The van der Waals surface area contributed by atoms with E-state index in [1.807, 2.05) is 0 Å². The number of rotatable bonds is 1. The van der Waals surface area contributed by atoms with Crippen LogP contribution >= 0.6 is 0 Å². The molecule has 1 aliphatic heterocycles. The van der Waals surface area contributed by atoms with E-state index in [0.29, 0.717) is 0 Å². The van der Waals surface area contributed by atoms with Crippen LogP contribution in [0.2, 0.25) is 0 Å². The maximum atomic E-state index is 2.71. The van der Waals surface area contributed by atoms with E-state index < -0.39 is 0 Å². The SMILES string of the molecule is c1ccc2c(c1)CC(N1CCCCC1)C2. The molecule has 0 spiro atoms. The van der Waals surface area contributed by atoms with Gasteiger partial charge in [0, 0.05) is 6.04 Å². The average molecular weight is 201 g/mol. The van der Waals surface area contributed by atoms with Crippen molar-refractivity contribution in [1.82, 2.24) is 4.90 Å². The smallest absolute Gasteiger partial charge is 0.0176 e. The summed E-state index contributed by atoms with van der Waals surface area (Å²) in [7, 11) is 0. The summed E-state index contributed by atoms with van der Waals surface area (Å²) >= 11 is 0. The molecule has 3 rings (SSSR count). The molecule has 1 aromatic rings. The predicted octanol–water partition coefficient (Wildman–Crippen LogP) is 2.64. The summed E-state index contributed by atoms with van der Waals surface area (Å²) in [5.41, 5.74) is 3.18. The van der Waals surface area contributed by atoms with Crippen molar-refractivity contribution in [3.05, 3.63) is 35.4 Å². The van der Waals surface area contributed by atoms with Crippen LogP contribution in [0, 0.1) is 0 Å². The van der Waals surface area contributed by atoms with E-state index in [1.165, 1.54) is 45.2 Å². The van der Waals surface area contributed by atoms with Gasteiger partial charge in [0.15, 0.2) is 0 Å². The van der Waals surface area contributed by atoms with E-state index in [2.05, 4.69) is 29.2 Å². The van der Waals surface area contributed by atoms with Crippen molar-refractivity contribution in [2.75, 3.05) is 13.1 Å². The number of hydrogen-bond acceptors (Lipinski definition) is 1. The molecule has 1 aromatic carbocycles. The van der Waals surface area contributed by atoms with Gasteiger partial charge in [-0.3, -0.25) is 4.90 Å². The van der Waals surface area contributed by atoms with E-state index in [1.54, 1.807) is 11.1 Å². The first-order valence-corrected chi connectivity index (χ1v) is 6.24. The van der Waals surface area contributed by atoms with Crippen LogP contribution in [0.3, 0.4) is 0 Å². The molecule has 1 heterocycles. The van der Waals surface area contributed by atoms with Crippen LogP contribution in [0.15, 0.2) is 24.3 Å². The summed E-state index contributed by atoms with van der Waals surface area (Å²) in [5.74, 6) is 0. The van der Waals surface area contributed by atoms with Crippen LogP contribution < -0.4 is 0 Å². The van der Waals surface area contributed by atoms with Crippen molar-refractivity contribution < 1.29 is 0 Å². The highest BCUT2D eigenvalue weighted by Gasteiger charge is 2.26. The van der Waals surface area contributed by atoms with Crippen LogP contribution in [0.5, 0.6) is 0 Å². The Morgan fingerprint density at radius 2 is 1.47 bits per heavy atom. The molecular formula is C14H19N. The summed E-state index contributed by atoms with van der Waals surface area (Å²) in [6.45, 7) is 2.66. The summed E-state index contributed by atoms with van der Waals surface area (Å²) in [6.07, 6.45) is 6.84. The maximum Gasteiger partial charge on any atom is 0.0176 e. The summed E-state index contributed by atoms with van der Waals surface area (Å²) in [4.78, 5) is 2.71. The van der Waals surface area contributed by atoms with Crippen LogP contribution in [0.1, 0.15) is 30.4 Å². The second-order valence-corrected chi connectivity index (χ2v) is 4.93. The minimum absolute atomic E-state index is 0.808. The Kier molecular flexibility index (Phi) is 2.49. The van der Waals surface area contributed by atoms with E-state index in [-0.39, 0.29) is 0 Å². The molecule has 0 aromatic heterocycles. The van der Waals surface area contributed by atoms with Crippen LogP contribution in [0.4, 0.5) is 0 Å². The number of nitrogens with zero attached hydrogens (tertiary/aromatic N) is 1. The molecule has 1 nitrogen and oxygen atoms in total. The molecule has 1 saturated heterocycles. The zero-order valence-corrected chi connectivity index (χ0v) is 9.28. The van der Waals surface area contributed by atoms with Gasteiger partial charge in [-0.05, 0) is 49.9 Å². The fraction of sp³-hybridized carbons (Fsp3) is 0.571. The molecule has 0 radical (unpaired) electrons. The van der Waals surface area contributed by atoms with Gasteiger partial charge in [0.1, 0.15) is 0 Å². The highest BCUT2D eigenvalue weighted by molar-refractivity contribution is 5.33. The standard InChI is InChI=1S/C14H19N/c1-4-8-15(9-5-1)14-10-12-6-2-3-7-13(12)11-14/h2-3,6-7,14H,1,4-5,8-11H2. The highest BCUT2D eigenvalue weighted by Crippen LogP contribution is 2.27. The average Bonchev–Trinajstić information content (AvgIpc) is 2.74. The van der Waals surface area contributed by atoms with Gasteiger partial charge >= 0.3 is 0 Å². The van der Waals surface area contributed by atoms with Crippen molar-refractivity contribution in [3.8, 4) is 0 Å². The topological polar surface area (TPSA) is 3.24 Å². The number of fused-ring (bicyclic) bond motifs is 1. The second-order valence-electron chi connectivity index (χ2n) is 4.93. The molecule has 1 aliphatic carbocycles. The largest absolute Gasteiger partial charge is 0.300 e. The number of piperidine rings is 1. The lowest BCUT2D eigenvalue weighted by molar-refractivity contribution is 0.168. The molecule has 0 amide bonds.